The first-order chi connectivity index (χ1) is 10.1. The predicted octanol–water partition coefficient (Wildman–Crippen LogP) is 2.05. The molecule has 0 aromatic heterocycles. The largest absolute Gasteiger partial charge is 0.508 e. The molecule has 3 atom stereocenters. The van der Waals surface area contributed by atoms with Gasteiger partial charge in [0.25, 0.3) is 0 Å². The first-order valence-electron chi connectivity index (χ1n) is 7.54. The van der Waals surface area contributed by atoms with E-state index >= 15 is 0 Å². The first kappa shape index (κ1) is 16.2. The minimum absolute atomic E-state index is 0.0739. The monoisotopic (exact) mass is 308 g/mol. The van der Waals surface area contributed by atoms with Crippen LogP contribution in [0.15, 0.2) is 24.3 Å². The average molecular weight is 308 g/mol. The Labute approximate surface area is 130 Å². The van der Waals surface area contributed by atoms with E-state index in [1.807, 2.05) is 11.8 Å². The molecule has 1 aromatic carbocycles. The van der Waals surface area contributed by atoms with Gasteiger partial charge in [-0.2, -0.15) is 11.8 Å². The number of hydrogen-bond donors (Lipinski definition) is 3. The van der Waals surface area contributed by atoms with Crippen LogP contribution in [0.1, 0.15) is 31.7 Å². The summed E-state index contributed by atoms with van der Waals surface area (Å²) in [5, 5.41) is 13.0. The van der Waals surface area contributed by atoms with Gasteiger partial charge in [-0.25, -0.2) is 0 Å². The summed E-state index contributed by atoms with van der Waals surface area (Å²) in [5.41, 5.74) is 6.94. The fraction of sp³-hybridized carbons (Fsp3) is 0.562. The molecule has 2 rings (SSSR count). The minimum Gasteiger partial charge on any atom is -0.508 e. The lowest BCUT2D eigenvalue weighted by atomic mass is 10.1. The molecule has 1 aromatic rings. The first-order valence-corrected chi connectivity index (χ1v) is 8.58. The van der Waals surface area contributed by atoms with Crippen LogP contribution in [-0.2, 0) is 11.2 Å². The van der Waals surface area contributed by atoms with Crippen molar-refractivity contribution < 1.29 is 9.90 Å². The molecule has 0 bridgehead atoms. The Kier molecular flexibility index (Phi) is 5.94. The highest BCUT2D eigenvalue weighted by Crippen LogP contribution is 2.29. The van der Waals surface area contributed by atoms with Crippen molar-refractivity contribution in [1.29, 1.82) is 0 Å². The molecule has 1 fully saturated rings. The molecule has 2 unspecified atom stereocenters. The molecule has 116 valence electrons. The van der Waals surface area contributed by atoms with Crippen LogP contribution < -0.4 is 11.1 Å². The Morgan fingerprint density at radius 2 is 2.14 bits per heavy atom. The molecule has 5 heteroatoms. The van der Waals surface area contributed by atoms with Crippen molar-refractivity contribution in [3.05, 3.63) is 29.8 Å². The molecule has 0 radical (unpaired) electrons. The fourth-order valence-electron chi connectivity index (χ4n) is 2.75. The molecule has 4 N–H and O–H groups in total. The molecule has 0 heterocycles. The Morgan fingerprint density at radius 1 is 1.43 bits per heavy atom. The molecule has 0 aliphatic heterocycles. The second-order valence-electron chi connectivity index (χ2n) is 5.57. The van der Waals surface area contributed by atoms with Crippen LogP contribution in [0.25, 0.3) is 0 Å². The number of phenolic OH excluding ortho intramolecular Hbond substituents is 1. The maximum atomic E-state index is 12.1. The Bertz CT molecular complexity index is 464. The molecule has 1 saturated carbocycles. The summed E-state index contributed by atoms with van der Waals surface area (Å²) < 4.78 is 0. The van der Waals surface area contributed by atoms with Gasteiger partial charge in [0.1, 0.15) is 5.75 Å². The van der Waals surface area contributed by atoms with Crippen molar-refractivity contribution >= 4 is 17.7 Å². The SMILES string of the molecule is CCSC1CCC(NC(=O)[C@H](N)Cc2ccc(O)cc2)C1. The molecular formula is C16H24N2O2S. The Morgan fingerprint density at radius 3 is 2.81 bits per heavy atom. The fourth-order valence-corrected chi connectivity index (χ4v) is 3.89. The second-order valence-corrected chi connectivity index (χ2v) is 7.15. The summed E-state index contributed by atoms with van der Waals surface area (Å²) in [6, 6.07) is 6.56. The minimum atomic E-state index is -0.535. The van der Waals surface area contributed by atoms with Crippen LogP contribution in [-0.4, -0.2) is 34.1 Å². The number of thioether (sulfide) groups is 1. The molecule has 21 heavy (non-hydrogen) atoms. The van der Waals surface area contributed by atoms with Gasteiger partial charge in [0.05, 0.1) is 6.04 Å². The third-order valence-corrected chi connectivity index (χ3v) is 5.09. The van der Waals surface area contributed by atoms with Gasteiger partial charge in [-0.1, -0.05) is 19.1 Å². The highest BCUT2D eigenvalue weighted by molar-refractivity contribution is 7.99. The standard InChI is InChI=1S/C16H24N2O2S/c1-2-21-14-8-5-12(10-14)18-16(20)15(17)9-11-3-6-13(19)7-4-11/h3-4,6-7,12,14-15,19H,2,5,8-10,17H2,1H3,(H,18,20)/t12?,14?,15-/m1/s1. The van der Waals surface area contributed by atoms with Gasteiger partial charge in [0.15, 0.2) is 0 Å². The smallest absolute Gasteiger partial charge is 0.237 e. The predicted molar refractivity (Wildman–Crippen MR) is 87.5 cm³/mol. The van der Waals surface area contributed by atoms with Crippen LogP contribution in [0.2, 0.25) is 0 Å². The number of carbonyl (C=O) groups is 1. The van der Waals surface area contributed by atoms with Crippen molar-refractivity contribution in [3.8, 4) is 5.75 Å². The third-order valence-electron chi connectivity index (χ3n) is 3.86. The van der Waals surface area contributed by atoms with Crippen LogP contribution >= 0.6 is 11.8 Å². The summed E-state index contributed by atoms with van der Waals surface area (Å²) >= 11 is 1.98. The van der Waals surface area contributed by atoms with E-state index in [-0.39, 0.29) is 17.7 Å². The summed E-state index contributed by atoms with van der Waals surface area (Å²) in [6.07, 6.45) is 3.77. The number of nitrogens with one attached hydrogen (secondary N) is 1. The maximum Gasteiger partial charge on any atom is 0.237 e. The average Bonchev–Trinajstić information content (AvgIpc) is 2.89. The molecule has 1 aliphatic rings. The number of benzene rings is 1. The normalized spacial score (nSPS) is 23.0. The van der Waals surface area contributed by atoms with Crippen molar-refractivity contribution in [2.24, 2.45) is 5.73 Å². The van der Waals surface area contributed by atoms with Gasteiger partial charge in [0.2, 0.25) is 5.91 Å². The van der Waals surface area contributed by atoms with Crippen molar-refractivity contribution in [3.63, 3.8) is 0 Å². The van der Waals surface area contributed by atoms with Gasteiger partial charge < -0.3 is 16.2 Å². The Balaban J connectivity index is 1.79. The van der Waals surface area contributed by atoms with Crippen LogP contribution in [0.3, 0.4) is 0 Å². The number of phenols is 1. The second kappa shape index (κ2) is 7.71. The zero-order valence-corrected chi connectivity index (χ0v) is 13.2. The zero-order valence-electron chi connectivity index (χ0n) is 12.4. The van der Waals surface area contributed by atoms with Gasteiger partial charge in [-0.15, -0.1) is 0 Å². The quantitative estimate of drug-likeness (QED) is 0.752. The lowest BCUT2D eigenvalue weighted by molar-refractivity contribution is -0.123. The van der Waals surface area contributed by atoms with Crippen LogP contribution in [0.5, 0.6) is 5.75 Å². The van der Waals surface area contributed by atoms with Crippen molar-refractivity contribution in [2.75, 3.05) is 5.75 Å². The van der Waals surface area contributed by atoms with Gasteiger partial charge in [-0.3, -0.25) is 4.79 Å². The molecular weight excluding hydrogens is 284 g/mol. The number of rotatable bonds is 6. The zero-order chi connectivity index (χ0) is 15.2. The highest BCUT2D eigenvalue weighted by atomic mass is 32.2. The van der Waals surface area contributed by atoms with Crippen molar-refractivity contribution in [2.45, 2.75) is 49.9 Å². The molecule has 1 aliphatic carbocycles. The van der Waals surface area contributed by atoms with Gasteiger partial charge in [0, 0.05) is 11.3 Å². The number of nitrogens with two attached hydrogens (primary N) is 1. The number of hydrogen-bond acceptors (Lipinski definition) is 4. The number of amides is 1. The van der Waals surface area contributed by atoms with Crippen molar-refractivity contribution in [1.82, 2.24) is 5.32 Å². The van der Waals surface area contributed by atoms with E-state index < -0.39 is 6.04 Å². The van der Waals surface area contributed by atoms with Crippen LogP contribution in [0.4, 0.5) is 0 Å². The Hall–Kier alpha value is -1.20. The van der Waals surface area contributed by atoms with Gasteiger partial charge in [-0.05, 0) is 49.1 Å². The van der Waals surface area contributed by atoms with E-state index in [0.717, 1.165) is 24.2 Å². The van der Waals surface area contributed by atoms with E-state index in [1.165, 1.54) is 6.42 Å². The van der Waals surface area contributed by atoms with Crippen LogP contribution in [0, 0.1) is 0 Å². The van der Waals surface area contributed by atoms with E-state index in [4.69, 9.17) is 5.73 Å². The molecule has 0 spiro atoms. The van der Waals surface area contributed by atoms with E-state index in [1.54, 1.807) is 24.3 Å². The van der Waals surface area contributed by atoms with E-state index in [2.05, 4.69) is 12.2 Å². The molecule has 0 saturated heterocycles. The molecule has 1 amide bonds. The number of aromatic hydroxyl groups is 1. The summed E-state index contributed by atoms with van der Waals surface area (Å²) in [5.74, 6) is 1.28. The lowest BCUT2D eigenvalue weighted by Crippen LogP contribution is -2.45. The lowest BCUT2D eigenvalue weighted by Gasteiger charge is -2.17. The third kappa shape index (κ3) is 4.93. The summed E-state index contributed by atoms with van der Waals surface area (Å²) in [6.45, 7) is 2.17. The summed E-state index contributed by atoms with van der Waals surface area (Å²) in [7, 11) is 0. The summed E-state index contributed by atoms with van der Waals surface area (Å²) in [4.78, 5) is 12.1. The molecule has 4 nitrogen and oxygen atoms in total. The van der Waals surface area contributed by atoms with E-state index in [9.17, 15) is 9.90 Å². The maximum absolute atomic E-state index is 12.1. The highest BCUT2D eigenvalue weighted by Gasteiger charge is 2.27. The van der Waals surface area contributed by atoms with Gasteiger partial charge >= 0.3 is 0 Å². The van der Waals surface area contributed by atoms with E-state index in [0.29, 0.717) is 11.7 Å². The number of carbonyl (C=O) groups excluding carboxylic acids is 1. The topological polar surface area (TPSA) is 75.4 Å².